The average Bonchev–Trinajstić information content (AvgIpc) is 2.51. The molecule has 0 aliphatic rings. The number of hydrogen-bond acceptors (Lipinski definition) is 3. The van der Waals surface area contributed by atoms with Crippen LogP contribution in [0.1, 0.15) is 84.0 Å². The van der Waals surface area contributed by atoms with Crippen LogP contribution in [0.4, 0.5) is 0 Å². The topological polar surface area (TPSA) is 37.4 Å². The first kappa shape index (κ1) is 20.3. The van der Waals surface area contributed by atoms with Gasteiger partial charge in [-0.25, -0.2) is 0 Å². The van der Waals surface area contributed by atoms with Crippen LogP contribution in [0, 0.1) is 0 Å². The van der Waals surface area contributed by atoms with Crippen molar-refractivity contribution >= 4 is 12.6 Å². The van der Waals surface area contributed by atoms with Gasteiger partial charge in [0.05, 0.1) is 0 Å². The van der Waals surface area contributed by atoms with E-state index in [1.807, 2.05) is 0 Å². The molecule has 0 aromatic heterocycles. The number of unbranched alkanes of at least 4 members (excludes halogenated alkanes) is 9. The Balaban J connectivity index is 3.39. The Morgan fingerprint density at radius 2 is 1.05 bits per heavy atom. The van der Waals surface area contributed by atoms with Gasteiger partial charge in [-0.15, -0.1) is 0 Å². The summed E-state index contributed by atoms with van der Waals surface area (Å²) in [4.78, 5) is 23.1. The molecule has 0 bridgehead atoms. The van der Waals surface area contributed by atoms with Crippen LogP contribution < -0.4 is 0 Å². The van der Waals surface area contributed by atoms with Gasteiger partial charge in [0.15, 0.2) is 0 Å². The summed E-state index contributed by atoms with van der Waals surface area (Å²) in [5.74, 6) is 0. The lowest BCUT2D eigenvalue weighted by molar-refractivity contribution is -0.108. The highest BCUT2D eigenvalue weighted by atomic mass is 16.1. The molecule has 0 aliphatic heterocycles. The fourth-order valence-electron chi connectivity index (χ4n) is 2.63. The van der Waals surface area contributed by atoms with E-state index in [1.54, 1.807) is 0 Å². The van der Waals surface area contributed by atoms with Gasteiger partial charge in [0.2, 0.25) is 0 Å². The lowest BCUT2D eigenvalue weighted by Crippen LogP contribution is -2.27. The maximum Gasteiger partial charge on any atom is 0.121 e. The van der Waals surface area contributed by atoms with Crippen molar-refractivity contribution in [2.45, 2.75) is 84.0 Å². The zero-order valence-corrected chi connectivity index (χ0v) is 14.0. The second-order valence-corrected chi connectivity index (χ2v) is 5.93. The van der Waals surface area contributed by atoms with Crippen LogP contribution in [0.25, 0.3) is 0 Å². The minimum absolute atomic E-state index is 0.580. The molecule has 0 unspecified atom stereocenters. The molecule has 0 saturated carbocycles. The molecule has 0 rings (SSSR count). The third-order valence-electron chi connectivity index (χ3n) is 3.95. The van der Waals surface area contributed by atoms with Crippen LogP contribution in [-0.4, -0.2) is 37.1 Å². The SMILES string of the molecule is CCCCCCCCCCCCN(CCC=O)CCC=O. The van der Waals surface area contributed by atoms with E-state index in [9.17, 15) is 9.59 Å². The highest BCUT2D eigenvalue weighted by Gasteiger charge is 2.03. The van der Waals surface area contributed by atoms with Gasteiger partial charge in [-0.3, -0.25) is 0 Å². The lowest BCUT2D eigenvalue weighted by Gasteiger charge is -2.20. The van der Waals surface area contributed by atoms with E-state index in [4.69, 9.17) is 0 Å². The molecule has 21 heavy (non-hydrogen) atoms. The van der Waals surface area contributed by atoms with Crippen molar-refractivity contribution in [2.24, 2.45) is 0 Å². The number of carbonyl (C=O) groups is 2. The Bertz CT molecular complexity index is 219. The maximum absolute atomic E-state index is 10.4. The third kappa shape index (κ3) is 15.5. The molecule has 0 aromatic carbocycles. The quantitative estimate of drug-likeness (QED) is 0.295. The Hall–Kier alpha value is -0.700. The van der Waals surface area contributed by atoms with Crippen molar-refractivity contribution in [1.29, 1.82) is 0 Å². The van der Waals surface area contributed by atoms with Gasteiger partial charge < -0.3 is 14.5 Å². The van der Waals surface area contributed by atoms with E-state index in [2.05, 4.69) is 11.8 Å². The normalized spacial score (nSPS) is 11.0. The van der Waals surface area contributed by atoms with Crippen LogP contribution in [-0.2, 0) is 9.59 Å². The summed E-state index contributed by atoms with van der Waals surface area (Å²) in [6, 6.07) is 0. The van der Waals surface area contributed by atoms with E-state index in [0.29, 0.717) is 12.8 Å². The molecule has 0 fully saturated rings. The van der Waals surface area contributed by atoms with Crippen molar-refractivity contribution in [1.82, 2.24) is 4.90 Å². The number of aldehydes is 2. The van der Waals surface area contributed by atoms with E-state index < -0.39 is 0 Å². The Labute approximate surface area is 131 Å². The number of hydrogen-bond donors (Lipinski definition) is 0. The molecule has 3 heteroatoms. The zero-order chi connectivity index (χ0) is 15.6. The summed E-state index contributed by atoms with van der Waals surface area (Å²) >= 11 is 0. The molecule has 0 N–H and O–H groups in total. The summed E-state index contributed by atoms with van der Waals surface area (Å²) < 4.78 is 0. The molecule has 0 saturated heterocycles. The number of carbonyl (C=O) groups excluding carboxylic acids is 2. The van der Waals surface area contributed by atoms with Gasteiger partial charge in [0.1, 0.15) is 12.6 Å². The predicted octanol–water partition coefficient (Wildman–Crippen LogP) is 4.39. The molecule has 0 aliphatic carbocycles. The van der Waals surface area contributed by atoms with E-state index >= 15 is 0 Å². The maximum atomic E-state index is 10.4. The monoisotopic (exact) mass is 297 g/mol. The van der Waals surface area contributed by atoms with E-state index in [0.717, 1.165) is 32.2 Å². The summed E-state index contributed by atoms with van der Waals surface area (Å²) in [5.41, 5.74) is 0. The molecule has 0 spiro atoms. The van der Waals surface area contributed by atoms with Crippen LogP contribution in [0.5, 0.6) is 0 Å². The fraction of sp³-hybridized carbons (Fsp3) is 0.889. The molecule has 0 radical (unpaired) electrons. The van der Waals surface area contributed by atoms with Crippen LogP contribution in [0.2, 0.25) is 0 Å². The Kier molecular flexibility index (Phi) is 16.8. The van der Waals surface area contributed by atoms with Gasteiger partial charge in [0.25, 0.3) is 0 Å². The van der Waals surface area contributed by atoms with Gasteiger partial charge >= 0.3 is 0 Å². The van der Waals surface area contributed by atoms with Crippen molar-refractivity contribution in [3.8, 4) is 0 Å². The molecule has 0 heterocycles. The zero-order valence-electron chi connectivity index (χ0n) is 14.0. The molecule has 0 amide bonds. The highest BCUT2D eigenvalue weighted by Crippen LogP contribution is 2.10. The van der Waals surface area contributed by atoms with Gasteiger partial charge in [-0.05, 0) is 13.0 Å². The van der Waals surface area contributed by atoms with Crippen LogP contribution >= 0.6 is 0 Å². The standard InChI is InChI=1S/C18H35NO2/c1-2-3-4-5-6-7-8-9-10-11-14-19(15-12-17-20)16-13-18-21/h17-18H,2-16H2,1H3. The minimum atomic E-state index is 0.580. The first-order valence-electron chi connectivity index (χ1n) is 8.94. The first-order chi connectivity index (χ1) is 10.3. The lowest BCUT2D eigenvalue weighted by atomic mass is 10.1. The van der Waals surface area contributed by atoms with Gasteiger partial charge in [-0.2, -0.15) is 0 Å². The number of rotatable bonds is 17. The van der Waals surface area contributed by atoms with Gasteiger partial charge in [-0.1, -0.05) is 64.7 Å². The van der Waals surface area contributed by atoms with Crippen molar-refractivity contribution < 1.29 is 9.59 Å². The molecule has 0 aromatic rings. The summed E-state index contributed by atoms with van der Waals surface area (Å²) in [7, 11) is 0. The molecule has 0 atom stereocenters. The molecular weight excluding hydrogens is 262 g/mol. The van der Waals surface area contributed by atoms with Crippen LogP contribution in [0.15, 0.2) is 0 Å². The van der Waals surface area contributed by atoms with Gasteiger partial charge in [0, 0.05) is 25.9 Å². The summed E-state index contributed by atoms with van der Waals surface area (Å²) in [6.45, 7) is 4.88. The largest absolute Gasteiger partial charge is 0.303 e. The van der Waals surface area contributed by atoms with Crippen molar-refractivity contribution in [3.63, 3.8) is 0 Å². The fourth-order valence-corrected chi connectivity index (χ4v) is 2.63. The van der Waals surface area contributed by atoms with Crippen LogP contribution in [0.3, 0.4) is 0 Å². The molecule has 124 valence electrons. The highest BCUT2D eigenvalue weighted by molar-refractivity contribution is 5.50. The first-order valence-corrected chi connectivity index (χ1v) is 8.94. The van der Waals surface area contributed by atoms with Crippen molar-refractivity contribution in [3.05, 3.63) is 0 Å². The third-order valence-corrected chi connectivity index (χ3v) is 3.95. The number of nitrogens with zero attached hydrogens (tertiary/aromatic N) is 1. The van der Waals surface area contributed by atoms with E-state index in [-0.39, 0.29) is 0 Å². The second kappa shape index (κ2) is 17.4. The smallest absolute Gasteiger partial charge is 0.121 e. The molecule has 3 nitrogen and oxygen atoms in total. The second-order valence-electron chi connectivity index (χ2n) is 5.93. The van der Waals surface area contributed by atoms with Crippen molar-refractivity contribution in [2.75, 3.05) is 19.6 Å². The molecular formula is C18H35NO2. The Morgan fingerprint density at radius 3 is 1.48 bits per heavy atom. The average molecular weight is 297 g/mol. The summed E-state index contributed by atoms with van der Waals surface area (Å²) in [5, 5.41) is 0. The summed E-state index contributed by atoms with van der Waals surface area (Å²) in [6.07, 6.45) is 16.5. The Morgan fingerprint density at radius 1 is 0.619 bits per heavy atom. The predicted molar refractivity (Wildman–Crippen MR) is 89.6 cm³/mol. The minimum Gasteiger partial charge on any atom is -0.303 e. The van der Waals surface area contributed by atoms with E-state index in [1.165, 1.54) is 64.2 Å².